The van der Waals surface area contributed by atoms with Crippen LogP contribution in [0, 0.1) is 12.7 Å². The first-order chi connectivity index (χ1) is 22.1. The fraction of sp³-hybridized carbons (Fsp3) is 0.242. The summed E-state index contributed by atoms with van der Waals surface area (Å²) in [7, 11) is -3.35. The van der Waals surface area contributed by atoms with Gasteiger partial charge in [0.2, 0.25) is 10.0 Å². The Bertz CT molecular complexity index is 1960. The third-order valence-corrected chi connectivity index (χ3v) is 10.7. The number of hydrogen-bond acceptors (Lipinski definition) is 7. The number of ether oxygens (including phenoxy) is 1. The van der Waals surface area contributed by atoms with Gasteiger partial charge in [-0.15, -0.1) is 0 Å². The Balaban J connectivity index is 1.09. The van der Waals surface area contributed by atoms with Crippen molar-refractivity contribution in [2.45, 2.75) is 32.4 Å². The topological polar surface area (TPSA) is 121 Å². The van der Waals surface area contributed by atoms with Crippen molar-refractivity contribution in [1.29, 1.82) is 0 Å². The Morgan fingerprint density at radius 3 is 2.59 bits per heavy atom. The Labute approximate surface area is 273 Å². The number of hydrogen-bond donors (Lipinski definition) is 2. The average Bonchev–Trinajstić information content (AvgIpc) is 3.48. The van der Waals surface area contributed by atoms with E-state index in [2.05, 4.69) is 24.8 Å². The molecule has 3 heterocycles. The summed E-state index contributed by atoms with van der Waals surface area (Å²) in [5.41, 5.74) is 3.90. The van der Waals surface area contributed by atoms with Crippen LogP contribution in [0.4, 0.5) is 20.6 Å². The summed E-state index contributed by atoms with van der Waals surface area (Å²) >= 11 is -1.19. The zero-order valence-electron chi connectivity index (χ0n) is 25.4. The monoisotopic (exact) mass is 704 g/mol. The van der Waals surface area contributed by atoms with Gasteiger partial charge in [-0.25, -0.2) is 8.42 Å². The number of aryl methyl sites for hydroxylation is 1. The molecule has 0 bridgehead atoms. The molecule has 1 atom stereocenters. The molecule has 0 radical (unpaired) electrons. The number of sulfonamides is 1. The fourth-order valence-electron chi connectivity index (χ4n) is 5.61. The summed E-state index contributed by atoms with van der Waals surface area (Å²) < 4.78 is 46.5. The average molecular weight is 705 g/mol. The summed E-state index contributed by atoms with van der Waals surface area (Å²) in [6.45, 7) is 4.23. The third kappa shape index (κ3) is 7.93. The van der Waals surface area contributed by atoms with Crippen LogP contribution in [0.15, 0.2) is 85.1 Å². The summed E-state index contributed by atoms with van der Waals surface area (Å²) in [5, 5.41) is 8.06. The molecule has 13 heteroatoms. The van der Waals surface area contributed by atoms with Crippen LogP contribution in [0.1, 0.15) is 24.1 Å². The van der Waals surface area contributed by atoms with Gasteiger partial charge in [0.15, 0.2) is 0 Å². The SMILES string of the molecule is Cc1nc(Oc2ccc(NS(C)(=O)=O)cc2)ccc1CN1CCC(N(C(=O)[AsH]c2ccc3cn[nH]c3c2)c2cccc(F)c2)CC1. The fourth-order valence-corrected chi connectivity index (χ4v) is 8.40. The van der Waals surface area contributed by atoms with Crippen LogP contribution in [-0.4, -0.2) is 74.3 Å². The van der Waals surface area contributed by atoms with Crippen LogP contribution < -0.4 is 18.7 Å². The predicted molar refractivity (Wildman–Crippen MR) is 179 cm³/mol. The van der Waals surface area contributed by atoms with E-state index in [-0.39, 0.29) is 16.6 Å². The molecular formula is C33H34AsFN6O4S. The summed E-state index contributed by atoms with van der Waals surface area (Å²) in [5.74, 6) is 0.634. The normalized spacial score (nSPS) is 14.6. The molecule has 1 amide bonds. The Hall–Kier alpha value is -4.25. The van der Waals surface area contributed by atoms with Crippen molar-refractivity contribution in [1.82, 2.24) is 20.1 Å². The zero-order valence-corrected chi connectivity index (χ0v) is 28.3. The maximum absolute atomic E-state index is 14.3. The number of H-pyrrole nitrogens is 1. The van der Waals surface area contributed by atoms with E-state index in [1.807, 2.05) is 48.2 Å². The molecule has 1 fully saturated rings. The number of piperidine rings is 1. The molecule has 10 nitrogen and oxygen atoms in total. The Kier molecular flexibility index (Phi) is 9.39. The van der Waals surface area contributed by atoms with E-state index in [0.717, 1.165) is 58.7 Å². The van der Waals surface area contributed by atoms with Gasteiger partial charge in [-0.3, -0.25) is 4.72 Å². The number of likely N-dealkylation sites (tertiary alicyclic amines) is 1. The van der Waals surface area contributed by atoms with Gasteiger partial charge in [-0.1, -0.05) is 0 Å². The van der Waals surface area contributed by atoms with Crippen molar-refractivity contribution >= 4 is 57.1 Å². The first kappa shape index (κ1) is 31.7. The number of pyridine rings is 1. The van der Waals surface area contributed by atoms with Crippen molar-refractivity contribution < 1.29 is 22.3 Å². The second-order valence-corrected chi connectivity index (χ2v) is 15.7. The molecular weight excluding hydrogens is 670 g/mol. The molecule has 3 aromatic carbocycles. The van der Waals surface area contributed by atoms with Crippen molar-refractivity contribution in [3.05, 3.63) is 102 Å². The first-order valence-electron chi connectivity index (χ1n) is 14.8. The van der Waals surface area contributed by atoms with Gasteiger partial charge in [-0.2, -0.15) is 0 Å². The van der Waals surface area contributed by atoms with E-state index in [1.165, 1.54) is 12.1 Å². The van der Waals surface area contributed by atoms with E-state index < -0.39 is 25.8 Å². The molecule has 1 aliphatic heterocycles. The predicted octanol–water partition coefficient (Wildman–Crippen LogP) is 4.92. The number of nitrogens with zero attached hydrogens (tertiary/aromatic N) is 4. The summed E-state index contributed by atoms with van der Waals surface area (Å²) in [6.07, 6.45) is 4.40. The molecule has 238 valence electrons. The van der Waals surface area contributed by atoms with Gasteiger partial charge in [0.1, 0.15) is 5.75 Å². The van der Waals surface area contributed by atoms with Gasteiger partial charge in [0.05, 0.1) is 6.26 Å². The van der Waals surface area contributed by atoms with Crippen LogP contribution in [0.5, 0.6) is 11.6 Å². The second-order valence-electron chi connectivity index (χ2n) is 11.4. The molecule has 2 aromatic heterocycles. The number of amides is 1. The molecule has 2 N–H and O–H groups in total. The van der Waals surface area contributed by atoms with Crippen LogP contribution in [0.25, 0.3) is 10.9 Å². The number of aromatic amines is 1. The van der Waals surface area contributed by atoms with Gasteiger partial charge in [0, 0.05) is 5.69 Å². The van der Waals surface area contributed by atoms with Crippen molar-refractivity contribution in [3.8, 4) is 11.6 Å². The summed E-state index contributed by atoms with van der Waals surface area (Å²) in [6, 6.07) is 22.7. The number of fused-ring (bicyclic) bond motifs is 1. The molecule has 1 aliphatic rings. The number of anilines is 2. The van der Waals surface area contributed by atoms with Crippen LogP contribution >= 0.6 is 0 Å². The van der Waals surface area contributed by atoms with Gasteiger partial charge < -0.3 is 0 Å². The zero-order chi connectivity index (χ0) is 32.3. The third-order valence-electron chi connectivity index (χ3n) is 7.86. The molecule has 0 saturated carbocycles. The van der Waals surface area contributed by atoms with Crippen molar-refractivity contribution in [2.24, 2.45) is 0 Å². The molecule has 1 saturated heterocycles. The molecule has 0 aliphatic carbocycles. The second kappa shape index (κ2) is 13.6. The van der Waals surface area contributed by atoms with Crippen molar-refractivity contribution in [2.75, 3.05) is 29.0 Å². The van der Waals surface area contributed by atoms with E-state index in [0.29, 0.717) is 29.5 Å². The summed E-state index contributed by atoms with van der Waals surface area (Å²) in [4.78, 5) is 22.6. The molecule has 0 spiro atoms. The van der Waals surface area contributed by atoms with Crippen molar-refractivity contribution in [3.63, 3.8) is 0 Å². The van der Waals surface area contributed by atoms with Crippen LogP contribution in [0.3, 0.4) is 0 Å². The van der Waals surface area contributed by atoms with E-state index in [4.69, 9.17) is 4.74 Å². The number of carbonyl (C=O) groups is 1. The maximum atomic E-state index is 14.3. The quantitative estimate of drug-likeness (QED) is 0.198. The van der Waals surface area contributed by atoms with Crippen LogP contribution in [0.2, 0.25) is 0 Å². The number of aromatic nitrogens is 3. The minimum absolute atomic E-state index is 0.0285. The van der Waals surface area contributed by atoms with Crippen LogP contribution in [-0.2, 0) is 16.6 Å². The molecule has 5 aromatic rings. The van der Waals surface area contributed by atoms with E-state index in [9.17, 15) is 17.6 Å². The van der Waals surface area contributed by atoms with Gasteiger partial charge in [-0.05, 0) is 24.3 Å². The molecule has 6 rings (SSSR count). The number of carbonyl (C=O) groups excluding carboxylic acids is 1. The standard InChI is InChI=1S/C33H34AsFN6O4S/c1-22-24(7-13-32(37-22)45-30-11-9-27(10-12-30)39-46(2,43)44)21-40-16-14-28(15-17-40)41(29-5-3-4-26(35)19-29)33(42)34-25-8-6-23-20-36-38-31(23)18-25/h3-13,18-20,28,34,39H,14-17,21H2,1-2H3,(H,36,38). The first-order valence-corrected chi connectivity index (χ1v) is 18.8. The van der Waals surface area contributed by atoms with Gasteiger partial charge >= 0.3 is 209 Å². The van der Waals surface area contributed by atoms with E-state index >= 15 is 0 Å². The number of halogens is 1. The van der Waals surface area contributed by atoms with E-state index in [1.54, 1.807) is 36.5 Å². The minimum atomic E-state index is -3.35. The number of rotatable bonds is 10. The van der Waals surface area contributed by atoms with Gasteiger partial charge in [0.25, 0.3) is 0 Å². The Morgan fingerprint density at radius 1 is 1.09 bits per heavy atom. The Morgan fingerprint density at radius 2 is 1.87 bits per heavy atom. The number of benzene rings is 3. The molecule has 1 unspecified atom stereocenters. The number of nitrogens with one attached hydrogen (secondary N) is 2. The molecule has 46 heavy (non-hydrogen) atoms.